The Balaban J connectivity index is 1.49. The summed E-state index contributed by atoms with van der Waals surface area (Å²) in [6, 6.07) is 16.3. The second-order valence-corrected chi connectivity index (χ2v) is 9.29. The number of ether oxygens (including phenoxy) is 2. The SMILES string of the molecule is CCOc1cc(/C=C2/NC(=O)N(CC(=O)Nc3ccccc3F)C2=O)c(Br)cc1OCc1ccc(C)cc1. The van der Waals surface area contributed by atoms with Crippen molar-refractivity contribution in [1.82, 2.24) is 10.2 Å². The van der Waals surface area contributed by atoms with E-state index in [1.807, 2.05) is 38.1 Å². The number of hydrogen-bond donors (Lipinski definition) is 2. The lowest BCUT2D eigenvalue weighted by Crippen LogP contribution is -2.38. The first-order valence-electron chi connectivity index (χ1n) is 11.8. The molecule has 1 aliphatic heterocycles. The van der Waals surface area contributed by atoms with Gasteiger partial charge in [0, 0.05) is 4.47 Å². The minimum atomic E-state index is -0.760. The van der Waals surface area contributed by atoms with Gasteiger partial charge in [0.05, 0.1) is 12.3 Å². The van der Waals surface area contributed by atoms with Crippen molar-refractivity contribution in [3.05, 3.63) is 93.3 Å². The van der Waals surface area contributed by atoms with E-state index in [0.717, 1.165) is 16.0 Å². The number of amides is 4. The summed E-state index contributed by atoms with van der Waals surface area (Å²) < 4.78 is 26.2. The van der Waals surface area contributed by atoms with Crippen LogP contribution in [-0.4, -0.2) is 35.9 Å². The van der Waals surface area contributed by atoms with Crippen LogP contribution in [0.5, 0.6) is 11.5 Å². The van der Waals surface area contributed by atoms with Crippen molar-refractivity contribution in [3.8, 4) is 11.5 Å². The zero-order chi connectivity index (χ0) is 27.2. The molecular formula is C28H25BrFN3O5. The Morgan fingerprint density at radius 3 is 2.50 bits per heavy atom. The average Bonchev–Trinajstić information content (AvgIpc) is 3.14. The molecule has 4 amide bonds. The fourth-order valence-electron chi connectivity index (χ4n) is 3.65. The molecule has 0 unspecified atom stereocenters. The van der Waals surface area contributed by atoms with Crippen molar-refractivity contribution in [2.24, 2.45) is 0 Å². The van der Waals surface area contributed by atoms with E-state index in [9.17, 15) is 18.8 Å². The number of urea groups is 1. The van der Waals surface area contributed by atoms with Crippen molar-refractivity contribution in [2.75, 3.05) is 18.5 Å². The van der Waals surface area contributed by atoms with Gasteiger partial charge >= 0.3 is 6.03 Å². The molecule has 1 heterocycles. The predicted octanol–water partition coefficient (Wildman–Crippen LogP) is 5.41. The normalized spacial score (nSPS) is 14.0. The van der Waals surface area contributed by atoms with Gasteiger partial charge in [0.15, 0.2) is 11.5 Å². The van der Waals surface area contributed by atoms with Gasteiger partial charge in [0.25, 0.3) is 5.91 Å². The first-order chi connectivity index (χ1) is 18.2. The molecule has 10 heteroatoms. The van der Waals surface area contributed by atoms with Gasteiger partial charge < -0.3 is 20.1 Å². The zero-order valence-electron chi connectivity index (χ0n) is 20.7. The maximum atomic E-state index is 13.8. The van der Waals surface area contributed by atoms with E-state index in [0.29, 0.717) is 34.7 Å². The van der Waals surface area contributed by atoms with Crippen molar-refractivity contribution in [1.29, 1.82) is 0 Å². The fraction of sp³-hybridized carbons (Fsp3) is 0.179. The standard InChI is InChI=1S/C28H25BrFN3O5/c1-3-37-24-13-19(20(29)14-25(24)38-16-18-10-8-17(2)9-11-18)12-23-27(35)33(28(36)32-23)15-26(34)31-22-7-5-4-6-21(22)30/h4-14H,3,15-16H2,1-2H3,(H,31,34)(H,32,36)/b23-12+. The number of nitrogens with zero attached hydrogens (tertiary/aromatic N) is 1. The Labute approximate surface area is 227 Å². The van der Waals surface area contributed by atoms with Crippen LogP contribution in [0, 0.1) is 12.7 Å². The zero-order valence-corrected chi connectivity index (χ0v) is 22.3. The van der Waals surface area contributed by atoms with Crippen LogP contribution in [0.15, 0.2) is 70.8 Å². The molecule has 2 N–H and O–H groups in total. The van der Waals surface area contributed by atoms with E-state index in [2.05, 4.69) is 26.6 Å². The molecule has 0 aromatic heterocycles. The predicted molar refractivity (Wildman–Crippen MR) is 144 cm³/mol. The van der Waals surface area contributed by atoms with E-state index in [1.54, 1.807) is 18.2 Å². The lowest BCUT2D eigenvalue weighted by Gasteiger charge is -2.14. The molecule has 4 rings (SSSR count). The third-order valence-corrected chi connectivity index (χ3v) is 6.28. The molecule has 3 aromatic carbocycles. The highest BCUT2D eigenvalue weighted by Crippen LogP contribution is 2.35. The van der Waals surface area contributed by atoms with Crippen LogP contribution < -0.4 is 20.1 Å². The molecule has 3 aromatic rings. The van der Waals surface area contributed by atoms with Crippen LogP contribution in [-0.2, 0) is 16.2 Å². The van der Waals surface area contributed by atoms with E-state index < -0.39 is 30.2 Å². The van der Waals surface area contributed by atoms with Crippen molar-refractivity contribution >= 4 is 45.5 Å². The summed E-state index contributed by atoms with van der Waals surface area (Å²) in [6.07, 6.45) is 1.48. The first-order valence-corrected chi connectivity index (χ1v) is 12.6. The second-order valence-electron chi connectivity index (χ2n) is 8.44. The highest BCUT2D eigenvalue weighted by atomic mass is 79.9. The molecule has 1 fully saturated rings. The lowest BCUT2D eigenvalue weighted by molar-refractivity contribution is -0.127. The van der Waals surface area contributed by atoms with Gasteiger partial charge in [-0.25, -0.2) is 14.1 Å². The summed E-state index contributed by atoms with van der Waals surface area (Å²) >= 11 is 3.49. The Morgan fingerprint density at radius 2 is 1.79 bits per heavy atom. The molecular weight excluding hydrogens is 557 g/mol. The Kier molecular flexibility index (Phi) is 8.42. The smallest absolute Gasteiger partial charge is 0.329 e. The Hall–Kier alpha value is -4.18. The summed E-state index contributed by atoms with van der Waals surface area (Å²) in [5.74, 6) is -1.06. The number of benzene rings is 3. The van der Waals surface area contributed by atoms with Gasteiger partial charge in [-0.05, 0) is 55.3 Å². The number of carbonyl (C=O) groups is 3. The number of hydrogen-bond acceptors (Lipinski definition) is 5. The number of carbonyl (C=O) groups excluding carboxylic acids is 3. The molecule has 0 atom stereocenters. The van der Waals surface area contributed by atoms with Gasteiger partial charge in [-0.1, -0.05) is 57.9 Å². The average molecular weight is 582 g/mol. The molecule has 1 saturated heterocycles. The highest BCUT2D eigenvalue weighted by molar-refractivity contribution is 9.10. The largest absolute Gasteiger partial charge is 0.490 e. The van der Waals surface area contributed by atoms with Gasteiger partial charge in [-0.15, -0.1) is 0 Å². The van der Waals surface area contributed by atoms with Crippen molar-refractivity contribution in [3.63, 3.8) is 0 Å². The lowest BCUT2D eigenvalue weighted by atomic mass is 10.1. The number of aryl methyl sites for hydroxylation is 1. The molecule has 0 radical (unpaired) electrons. The van der Waals surface area contributed by atoms with Gasteiger partial charge in [-0.2, -0.15) is 0 Å². The molecule has 38 heavy (non-hydrogen) atoms. The number of imide groups is 1. The van der Waals surface area contributed by atoms with Crippen LogP contribution >= 0.6 is 15.9 Å². The van der Waals surface area contributed by atoms with Crippen LogP contribution in [0.25, 0.3) is 6.08 Å². The maximum Gasteiger partial charge on any atom is 0.329 e. The number of nitrogens with one attached hydrogen (secondary N) is 2. The van der Waals surface area contributed by atoms with E-state index in [-0.39, 0.29) is 11.4 Å². The number of rotatable bonds is 9. The third kappa shape index (κ3) is 6.38. The van der Waals surface area contributed by atoms with Crippen LogP contribution in [0.2, 0.25) is 0 Å². The van der Waals surface area contributed by atoms with Crippen LogP contribution in [0.4, 0.5) is 14.9 Å². The summed E-state index contributed by atoms with van der Waals surface area (Å²) in [7, 11) is 0. The van der Waals surface area contributed by atoms with E-state index in [1.165, 1.54) is 24.3 Å². The molecule has 0 saturated carbocycles. The molecule has 196 valence electrons. The molecule has 1 aliphatic rings. The minimum absolute atomic E-state index is 0.0230. The van der Waals surface area contributed by atoms with E-state index in [4.69, 9.17) is 9.47 Å². The van der Waals surface area contributed by atoms with Gasteiger partial charge in [-0.3, -0.25) is 9.59 Å². The number of halogens is 2. The Bertz CT molecular complexity index is 1410. The summed E-state index contributed by atoms with van der Waals surface area (Å²) in [6.45, 7) is 4.01. The topological polar surface area (TPSA) is 97.0 Å². The quantitative estimate of drug-likeness (QED) is 0.260. The third-order valence-electron chi connectivity index (χ3n) is 5.59. The van der Waals surface area contributed by atoms with Crippen molar-refractivity contribution in [2.45, 2.75) is 20.5 Å². The molecule has 0 bridgehead atoms. The maximum absolute atomic E-state index is 13.8. The summed E-state index contributed by atoms with van der Waals surface area (Å²) in [5.41, 5.74) is 2.64. The van der Waals surface area contributed by atoms with Gasteiger partial charge in [0.2, 0.25) is 5.91 Å². The van der Waals surface area contributed by atoms with Gasteiger partial charge in [0.1, 0.15) is 24.7 Å². The Morgan fingerprint density at radius 1 is 1.08 bits per heavy atom. The molecule has 0 aliphatic carbocycles. The fourth-order valence-corrected chi connectivity index (χ4v) is 4.09. The van der Waals surface area contributed by atoms with Crippen LogP contribution in [0.3, 0.4) is 0 Å². The second kappa shape index (κ2) is 11.9. The first kappa shape index (κ1) is 26.9. The van der Waals surface area contributed by atoms with Crippen molar-refractivity contribution < 1.29 is 28.2 Å². The highest BCUT2D eigenvalue weighted by Gasteiger charge is 2.35. The molecule has 8 nitrogen and oxygen atoms in total. The summed E-state index contributed by atoms with van der Waals surface area (Å²) in [4.78, 5) is 38.4. The van der Waals surface area contributed by atoms with Crippen LogP contribution in [0.1, 0.15) is 23.6 Å². The minimum Gasteiger partial charge on any atom is -0.490 e. The summed E-state index contributed by atoms with van der Waals surface area (Å²) in [5, 5.41) is 4.84. The number of anilines is 1. The monoisotopic (exact) mass is 581 g/mol. The van der Waals surface area contributed by atoms with E-state index >= 15 is 0 Å². The number of para-hydroxylation sites is 1. The molecule has 0 spiro atoms.